The van der Waals surface area contributed by atoms with Gasteiger partial charge in [-0.3, -0.25) is 4.98 Å². The van der Waals surface area contributed by atoms with Gasteiger partial charge in [-0.1, -0.05) is 0 Å². The molecule has 0 radical (unpaired) electrons. The van der Waals surface area contributed by atoms with E-state index in [0.29, 0.717) is 25.5 Å². The maximum absolute atomic E-state index is 14.4. The summed E-state index contributed by atoms with van der Waals surface area (Å²) in [4.78, 5) is 3.63. The fourth-order valence-corrected chi connectivity index (χ4v) is 6.84. The van der Waals surface area contributed by atoms with Crippen LogP contribution in [0.1, 0.15) is 36.6 Å². The largest absolute Gasteiger partial charge is 0.428 e. The van der Waals surface area contributed by atoms with Crippen molar-refractivity contribution in [2.24, 2.45) is 0 Å². The van der Waals surface area contributed by atoms with E-state index in [2.05, 4.69) is 10.3 Å². The Morgan fingerprint density at radius 3 is 2.47 bits per heavy atom. The lowest BCUT2D eigenvalue weighted by Crippen LogP contribution is -2.50. The second kappa shape index (κ2) is 6.71. The molecule has 2 heterocycles. The molecule has 1 aromatic carbocycles. The number of fused-ring (bicyclic) bond motifs is 3. The maximum Gasteiger partial charge on any atom is 0.428 e. The number of halogens is 5. The highest BCUT2D eigenvalue weighted by Crippen LogP contribution is 2.50. The van der Waals surface area contributed by atoms with Crippen LogP contribution in [0.5, 0.6) is 0 Å². The molecule has 4 nitrogen and oxygen atoms in total. The van der Waals surface area contributed by atoms with Gasteiger partial charge in [-0.15, -0.1) is 0 Å². The topological polar surface area (TPSA) is 59.1 Å². The minimum Gasteiger partial charge on any atom is -0.312 e. The summed E-state index contributed by atoms with van der Waals surface area (Å²) in [5.74, 6) is -0.586. The molecule has 3 unspecified atom stereocenters. The second-order valence-corrected chi connectivity index (χ2v) is 10.1. The van der Waals surface area contributed by atoms with Gasteiger partial charge >= 0.3 is 6.18 Å². The lowest BCUT2D eigenvalue weighted by molar-refractivity contribution is -0.230. The van der Waals surface area contributed by atoms with Gasteiger partial charge in [0.25, 0.3) is 0 Å². The van der Waals surface area contributed by atoms with Crippen molar-refractivity contribution in [1.82, 2.24) is 10.3 Å². The number of sulfone groups is 1. The van der Waals surface area contributed by atoms with E-state index < -0.39 is 44.0 Å². The summed E-state index contributed by atoms with van der Waals surface area (Å²) < 4.78 is 93.0. The Labute approximate surface area is 170 Å². The molecule has 2 aliphatic rings. The molecular formula is C20H19F5N2O2S. The van der Waals surface area contributed by atoms with Crippen molar-refractivity contribution >= 4 is 9.84 Å². The standard InChI is InChI=1S/C20H19F5N2O2S/c1-18(22,20(23,24)25)17-10-12-2-7-16-19(8-9-26-16,15(12)11-27-17)30(28,29)14-5-3-13(21)4-6-14/h3-6,10-11,16,26H,2,7-9H2,1H3. The van der Waals surface area contributed by atoms with Gasteiger partial charge in [0.15, 0.2) is 9.84 Å². The minimum absolute atomic E-state index is 0.0832. The molecule has 0 amide bonds. The fraction of sp³-hybridized carbons (Fsp3) is 0.450. The highest BCUT2D eigenvalue weighted by Gasteiger charge is 2.59. The van der Waals surface area contributed by atoms with Crippen LogP contribution in [0.4, 0.5) is 22.0 Å². The van der Waals surface area contributed by atoms with Gasteiger partial charge in [0, 0.05) is 12.2 Å². The molecule has 0 saturated carbocycles. The highest BCUT2D eigenvalue weighted by molar-refractivity contribution is 7.92. The SMILES string of the molecule is CC(F)(c1cc2c(cn1)C1(S(=O)(=O)c3ccc(F)cc3)CCNC1CC2)C(F)(F)F. The normalized spacial score (nSPS) is 26.0. The molecule has 2 aromatic rings. The molecule has 3 atom stereocenters. The second-order valence-electron chi connectivity index (χ2n) is 7.87. The lowest BCUT2D eigenvalue weighted by atomic mass is 9.79. The Balaban J connectivity index is 1.89. The molecule has 10 heteroatoms. The Bertz CT molecular complexity index is 1080. The number of hydrogen-bond acceptors (Lipinski definition) is 4. The number of nitrogens with one attached hydrogen (secondary N) is 1. The average molecular weight is 446 g/mol. The van der Waals surface area contributed by atoms with Crippen molar-refractivity contribution in [2.75, 3.05) is 6.54 Å². The van der Waals surface area contributed by atoms with Crippen molar-refractivity contribution < 1.29 is 30.4 Å². The molecule has 1 aliphatic carbocycles. The number of hydrogen-bond donors (Lipinski definition) is 1. The summed E-state index contributed by atoms with van der Waals surface area (Å²) in [6.45, 7) is 0.783. The van der Waals surface area contributed by atoms with Crippen molar-refractivity contribution in [3.05, 3.63) is 59.2 Å². The van der Waals surface area contributed by atoms with Crippen LogP contribution in [0.3, 0.4) is 0 Å². The zero-order chi connectivity index (χ0) is 21.9. The number of rotatable bonds is 3. The predicted molar refractivity (Wildman–Crippen MR) is 98.7 cm³/mol. The average Bonchev–Trinajstić information content (AvgIpc) is 3.13. The van der Waals surface area contributed by atoms with Crippen molar-refractivity contribution in [3.8, 4) is 0 Å². The van der Waals surface area contributed by atoms with Gasteiger partial charge in [-0.2, -0.15) is 13.2 Å². The van der Waals surface area contributed by atoms with Crippen LogP contribution >= 0.6 is 0 Å². The Kier molecular flexibility index (Phi) is 4.74. The lowest BCUT2D eigenvalue weighted by Gasteiger charge is -2.40. The highest BCUT2D eigenvalue weighted by atomic mass is 32.2. The number of pyridine rings is 1. The third kappa shape index (κ3) is 2.87. The number of alkyl halides is 4. The third-order valence-corrected chi connectivity index (χ3v) is 8.78. The number of aromatic nitrogens is 1. The van der Waals surface area contributed by atoms with Crippen LogP contribution in [0.15, 0.2) is 41.4 Å². The molecule has 4 rings (SSSR count). The van der Waals surface area contributed by atoms with E-state index in [4.69, 9.17) is 0 Å². The van der Waals surface area contributed by atoms with Gasteiger partial charge in [0.1, 0.15) is 10.6 Å². The van der Waals surface area contributed by atoms with Crippen molar-refractivity contribution in [2.45, 2.75) is 53.7 Å². The van der Waals surface area contributed by atoms with Crippen LogP contribution in [0.2, 0.25) is 0 Å². The Morgan fingerprint density at radius 1 is 1.17 bits per heavy atom. The van der Waals surface area contributed by atoms with Crippen LogP contribution < -0.4 is 5.32 Å². The molecule has 1 aliphatic heterocycles. The van der Waals surface area contributed by atoms with Crippen molar-refractivity contribution in [3.63, 3.8) is 0 Å². The van der Waals surface area contributed by atoms with E-state index in [1.165, 1.54) is 12.1 Å². The van der Waals surface area contributed by atoms with Crippen LogP contribution in [0, 0.1) is 5.82 Å². The number of nitrogens with zero attached hydrogens (tertiary/aromatic N) is 1. The van der Waals surface area contributed by atoms with Gasteiger partial charge in [0.2, 0.25) is 5.67 Å². The first-order chi connectivity index (χ1) is 13.9. The summed E-state index contributed by atoms with van der Waals surface area (Å²) in [6.07, 6.45) is -3.27. The number of benzene rings is 1. The van der Waals surface area contributed by atoms with Crippen LogP contribution in [-0.2, 0) is 26.7 Å². The Morgan fingerprint density at radius 2 is 1.83 bits per heavy atom. The van der Waals surface area contributed by atoms with E-state index in [9.17, 15) is 30.4 Å². The first-order valence-corrected chi connectivity index (χ1v) is 10.9. The first kappa shape index (κ1) is 21.2. The summed E-state index contributed by atoms with van der Waals surface area (Å²) in [5, 5.41) is 3.16. The third-order valence-electron chi connectivity index (χ3n) is 6.21. The monoisotopic (exact) mass is 446 g/mol. The van der Waals surface area contributed by atoms with Gasteiger partial charge < -0.3 is 5.32 Å². The molecule has 1 N–H and O–H groups in total. The summed E-state index contributed by atoms with van der Waals surface area (Å²) in [5.41, 5.74) is -3.85. The van der Waals surface area contributed by atoms with E-state index in [-0.39, 0.29) is 23.3 Å². The summed E-state index contributed by atoms with van der Waals surface area (Å²) >= 11 is 0. The fourth-order valence-electron chi connectivity index (χ4n) is 4.51. The zero-order valence-electron chi connectivity index (χ0n) is 15.9. The minimum atomic E-state index is -5.15. The molecule has 0 spiro atoms. The first-order valence-electron chi connectivity index (χ1n) is 9.40. The van der Waals surface area contributed by atoms with Crippen molar-refractivity contribution in [1.29, 1.82) is 0 Å². The maximum atomic E-state index is 14.4. The van der Waals surface area contributed by atoms with E-state index in [1.807, 2.05) is 0 Å². The van der Waals surface area contributed by atoms with E-state index in [1.54, 1.807) is 0 Å². The summed E-state index contributed by atoms with van der Waals surface area (Å²) in [7, 11) is -4.05. The smallest absolute Gasteiger partial charge is 0.312 e. The molecule has 1 fully saturated rings. The number of aryl methyl sites for hydroxylation is 1. The molecule has 162 valence electrons. The quantitative estimate of drug-likeness (QED) is 0.573. The summed E-state index contributed by atoms with van der Waals surface area (Å²) in [6, 6.07) is 4.99. The van der Waals surface area contributed by atoms with E-state index >= 15 is 0 Å². The van der Waals surface area contributed by atoms with Gasteiger partial charge in [-0.05, 0) is 74.2 Å². The Hall–Kier alpha value is -2.07. The zero-order valence-corrected chi connectivity index (χ0v) is 16.7. The van der Waals surface area contributed by atoms with Gasteiger partial charge in [0.05, 0.1) is 10.6 Å². The van der Waals surface area contributed by atoms with Crippen LogP contribution in [0.25, 0.3) is 0 Å². The van der Waals surface area contributed by atoms with Crippen LogP contribution in [-0.4, -0.2) is 32.2 Å². The van der Waals surface area contributed by atoms with Gasteiger partial charge in [-0.25, -0.2) is 17.2 Å². The molecule has 1 aromatic heterocycles. The molecule has 0 bridgehead atoms. The predicted octanol–water partition coefficient (Wildman–Crippen LogP) is 3.95. The van der Waals surface area contributed by atoms with E-state index in [0.717, 1.165) is 24.4 Å². The molecule has 30 heavy (non-hydrogen) atoms. The molecule has 1 saturated heterocycles. The molecular weight excluding hydrogens is 427 g/mol.